The van der Waals surface area contributed by atoms with E-state index in [1.54, 1.807) is 23.4 Å². The number of piperidine rings is 1. The van der Waals surface area contributed by atoms with Crippen molar-refractivity contribution in [2.75, 3.05) is 13.1 Å². The monoisotopic (exact) mass is 392 g/mol. The Bertz CT molecular complexity index is 867. The Kier molecular flexibility index (Phi) is 6.02. The molecule has 0 unspecified atom stereocenters. The van der Waals surface area contributed by atoms with Crippen LogP contribution in [0.15, 0.2) is 53.7 Å². The molecule has 27 heavy (non-hydrogen) atoms. The summed E-state index contributed by atoms with van der Waals surface area (Å²) in [5, 5.41) is 2.84. The van der Waals surface area contributed by atoms with Gasteiger partial charge in [-0.05, 0) is 48.7 Å². The number of rotatable bonds is 5. The molecule has 1 aromatic carbocycles. The van der Waals surface area contributed by atoms with Gasteiger partial charge in [-0.1, -0.05) is 6.07 Å². The lowest BCUT2D eigenvalue weighted by molar-refractivity contribution is 0.179. The number of pyridine rings is 1. The Hall–Kier alpha value is -2.52. The van der Waals surface area contributed by atoms with Crippen LogP contribution < -0.4 is 10.0 Å². The van der Waals surface area contributed by atoms with Crippen molar-refractivity contribution in [2.45, 2.75) is 30.3 Å². The van der Waals surface area contributed by atoms with Gasteiger partial charge in [-0.3, -0.25) is 4.98 Å². The normalized spacial score (nSPS) is 15.5. The Morgan fingerprint density at radius 2 is 1.89 bits per heavy atom. The minimum absolute atomic E-state index is 0.0283. The van der Waals surface area contributed by atoms with E-state index < -0.39 is 15.8 Å². The predicted octanol–water partition coefficient (Wildman–Crippen LogP) is 1.87. The smallest absolute Gasteiger partial charge is 0.317 e. The van der Waals surface area contributed by atoms with Crippen molar-refractivity contribution in [3.05, 3.63) is 60.2 Å². The molecule has 1 saturated heterocycles. The first-order valence-electron chi connectivity index (χ1n) is 8.63. The molecule has 7 nitrogen and oxygen atoms in total. The summed E-state index contributed by atoms with van der Waals surface area (Å²) in [7, 11) is -3.70. The number of hydrogen-bond acceptors (Lipinski definition) is 4. The van der Waals surface area contributed by atoms with Crippen LogP contribution >= 0.6 is 0 Å². The maximum atomic E-state index is 13.0. The molecule has 0 saturated carbocycles. The van der Waals surface area contributed by atoms with Gasteiger partial charge in [0.05, 0.1) is 4.90 Å². The first-order valence-corrected chi connectivity index (χ1v) is 10.1. The molecule has 144 valence electrons. The fourth-order valence-corrected chi connectivity index (χ4v) is 4.20. The number of halogens is 1. The van der Waals surface area contributed by atoms with E-state index in [-0.39, 0.29) is 17.0 Å². The lowest BCUT2D eigenvalue weighted by atomic mass is 10.1. The van der Waals surface area contributed by atoms with Crippen LogP contribution in [0.4, 0.5) is 9.18 Å². The first kappa shape index (κ1) is 19.2. The molecule has 1 aliphatic rings. The van der Waals surface area contributed by atoms with Gasteiger partial charge >= 0.3 is 6.03 Å². The van der Waals surface area contributed by atoms with Gasteiger partial charge in [-0.2, -0.15) is 0 Å². The van der Waals surface area contributed by atoms with Crippen LogP contribution in [0, 0.1) is 5.82 Å². The summed E-state index contributed by atoms with van der Waals surface area (Å²) in [5.74, 6) is -0.487. The summed E-state index contributed by atoms with van der Waals surface area (Å²) < 4.78 is 40.3. The zero-order chi connectivity index (χ0) is 19.3. The van der Waals surface area contributed by atoms with Gasteiger partial charge in [-0.15, -0.1) is 0 Å². The summed E-state index contributed by atoms with van der Waals surface area (Å²) in [5.41, 5.74) is 0.910. The highest BCUT2D eigenvalue weighted by Crippen LogP contribution is 2.15. The third-order valence-electron chi connectivity index (χ3n) is 4.39. The lowest BCUT2D eigenvalue weighted by Gasteiger charge is -2.32. The molecular formula is C18H21FN4O3S. The Labute approximate surface area is 157 Å². The highest BCUT2D eigenvalue weighted by molar-refractivity contribution is 7.89. The zero-order valence-corrected chi connectivity index (χ0v) is 15.5. The molecule has 1 aliphatic heterocycles. The van der Waals surface area contributed by atoms with E-state index in [9.17, 15) is 17.6 Å². The van der Waals surface area contributed by atoms with Gasteiger partial charge in [-0.25, -0.2) is 22.3 Å². The maximum Gasteiger partial charge on any atom is 0.317 e. The number of carbonyl (C=O) groups excluding carboxylic acids is 1. The standard InChI is InChI=1S/C18H21FN4O3S/c19-15-3-5-17(6-4-15)27(25,26)22-16-7-10-23(11-8-16)18(24)21-13-14-2-1-9-20-12-14/h1-6,9,12,16,22H,7-8,10-11,13H2,(H,21,24). The van der Waals surface area contributed by atoms with Gasteiger partial charge in [0, 0.05) is 38.1 Å². The number of likely N-dealkylation sites (tertiary alicyclic amines) is 1. The van der Waals surface area contributed by atoms with E-state index in [0.717, 1.165) is 17.7 Å². The molecule has 2 amide bonds. The highest BCUT2D eigenvalue weighted by Gasteiger charge is 2.26. The highest BCUT2D eigenvalue weighted by atomic mass is 32.2. The molecule has 0 atom stereocenters. The van der Waals surface area contributed by atoms with E-state index in [4.69, 9.17) is 0 Å². The minimum Gasteiger partial charge on any atom is -0.334 e. The molecule has 0 bridgehead atoms. The summed E-state index contributed by atoms with van der Waals surface area (Å²) in [6.07, 6.45) is 4.39. The van der Waals surface area contributed by atoms with Crippen LogP contribution in [0.1, 0.15) is 18.4 Å². The second-order valence-electron chi connectivity index (χ2n) is 6.36. The van der Waals surface area contributed by atoms with Crippen molar-refractivity contribution in [2.24, 2.45) is 0 Å². The fourth-order valence-electron chi connectivity index (χ4n) is 2.89. The van der Waals surface area contributed by atoms with Crippen molar-refractivity contribution in [3.8, 4) is 0 Å². The predicted molar refractivity (Wildman–Crippen MR) is 97.8 cm³/mol. The van der Waals surface area contributed by atoms with E-state index in [1.807, 2.05) is 6.07 Å². The number of nitrogens with zero attached hydrogens (tertiary/aromatic N) is 2. The van der Waals surface area contributed by atoms with Crippen molar-refractivity contribution in [3.63, 3.8) is 0 Å². The van der Waals surface area contributed by atoms with E-state index >= 15 is 0 Å². The number of aromatic nitrogens is 1. The largest absolute Gasteiger partial charge is 0.334 e. The molecule has 1 fully saturated rings. The van der Waals surface area contributed by atoms with E-state index in [2.05, 4.69) is 15.0 Å². The van der Waals surface area contributed by atoms with Gasteiger partial charge < -0.3 is 10.2 Å². The van der Waals surface area contributed by atoms with Crippen LogP contribution in [-0.2, 0) is 16.6 Å². The number of nitrogens with one attached hydrogen (secondary N) is 2. The molecule has 0 aliphatic carbocycles. The molecule has 0 radical (unpaired) electrons. The van der Waals surface area contributed by atoms with Crippen LogP contribution in [0.25, 0.3) is 0 Å². The Morgan fingerprint density at radius 1 is 1.19 bits per heavy atom. The quantitative estimate of drug-likeness (QED) is 0.813. The van der Waals surface area contributed by atoms with Crippen LogP contribution in [0.3, 0.4) is 0 Å². The van der Waals surface area contributed by atoms with Crippen LogP contribution in [-0.4, -0.2) is 43.5 Å². The number of benzene rings is 1. The molecule has 3 rings (SSSR count). The third-order valence-corrected chi connectivity index (χ3v) is 5.93. The Balaban J connectivity index is 1.48. The second-order valence-corrected chi connectivity index (χ2v) is 8.07. The molecule has 2 N–H and O–H groups in total. The summed E-state index contributed by atoms with van der Waals surface area (Å²) in [4.78, 5) is 17.9. The molecule has 9 heteroatoms. The van der Waals surface area contributed by atoms with Crippen LogP contribution in [0.5, 0.6) is 0 Å². The molecule has 0 spiro atoms. The van der Waals surface area contributed by atoms with Crippen molar-refractivity contribution >= 4 is 16.1 Å². The first-order chi connectivity index (χ1) is 12.9. The lowest BCUT2D eigenvalue weighted by Crippen LogP contribution is -2.49. The second kappa shape index (κ2) is 8.45. The van der Waals surface area contributed by atoms with Gasteiger partial charge in [0.1, 0.15) is 5.82 Å². The molecule has 2 aromatic rings. The summed E-state index contributed by atoms with van der Waals surface area (Å²) in [6.45, 7) is 1.30. The van der Waals surface area contributed by atoms with Gasteiger partial charge in [0.25, 0.3) is 0 Å². The van der Waals surface area contributed by atoms with Gasteiger partial charge in [0.15, 0.2) is 0 Å². The van der Waals surface area contributed by atoms with Crippen molar-refractivity contribution in [1.82, 2.24) is 19.9 Å². The molecule has 2 heterocycles. The summed E-state index contributed by atoms with van der Waals surface area (Å²) >= 11 is 0. The van der Waals surface area contributed by atoms with Crippen molar-refractivity contribution in [1.29, 1.82) is 0 Å². The maximum absolute atomic E-state index is 13.0. The average Bonchev–Trinajstić information content (AvgIpc) is 2.67. The number of carbonyl (C=O) groups is 1. The SMILES string of the molecule is O=C(NCc1cccnc1)N1CCC(NS(=O)(=O)c2ccc(F)cc2)CC1. The number of urea groups is 1. The number of hydrogen-bond donors (Lipinski definition) is 2. The fraction of sp³-hybridized carbons (Fsp3) is 0.333. The number of amides is 2. The average molecular weight is 392 g/mol. The zero-order valence-electron chi connectivity index (χ0n) is 14.6. The van der Waals surface area contributed by atoms with Crippen LogP contribution in [0.2, 0.25) is 0 Å². The Morgan fingerprint density at radius 3 is 2.52 bits per heavy atom. The topological polar surface area (TPSA) is 91.4 Å². The molecular weight excluding hydrogens is 371 g/mol. The van der Waals surface area contributed by atoms with Gasteiger partial charge in [0.2, 0.25) is 10.0 Å². The summed E-state index contributed by atoms with van der Waals surface area (Å²) in [6, 6.07) is 7.94. The van der Waals surface area contributed by atoms with E-state index in [0.29, 0.717) is 32.5 Å². The minimum atomic E-state index is -3.70. The third kappa shape index (κ3) is 5.24. The van der Waals surface area contributed by atoms with E-state index in [1.165, 1.54) is 12.1 Å². The van der Waals surface area contributed by atoms with Crippen molar-refractivity contribution < 1.29 is 17.6 Å². The molecule has 1 aromatic heterocycles. The number of sulfonamides is 1.